The zero-order valence-corrected chi connectivity index (χ0v) is 16.3. The van der Waals surface area contributed by atoms with Crippen molar-refractivity contribution in [1.82, 2.24) is 0 Å². The summed E-state index contributed by atoms with van der Waals surface area (Å²) in [6.07, 6.45) is 1.82. The van der Waals surface area contributed by atoms with Gasteiger partial charge < -0.3 is 13.6 Å². The highest BCUT2D eigenvalue weighted by Gasteiger charge is 2.05. The van der Waals surface area contributed by atoms with Crippen molar-refractivity contribution in [2.45, 2.75) is 26.1 Å². The van der Waals surface area contributed by atoms with Gasteiger partial charge in [-0.25, -0.2) is 4.79 Å². The molecule has 0 amide bonds. The minimum Gasteiger partial charge on any atom is -0.463 e. The number of esters is 1. The van der Waals surface area contributed by atoms with Crippen LogP contribution in [-0.2, 0) is 18.4 Å². The molecule has 0 N–H and O–H groups in total. The van der Waals surface area contributed by atoms with Gasteiger partial charge in [-0.1, -0.05) is 30.3 Å². The highest BCUT2D eigenvalue weighted by molar-refractivity contribution is 6.56. The number of carbonyl (C=O) groups excluding carboxylic acids is 1. The van der Waals surface area contributed by atoms with Crippen molar-refractivity contribution >= 4 is 30.8 Å². The van der Waals surface area contributed by atoms with Gasteiger partial charge in [-0.05, 0) is 37.7 Å². The summed E-state index contributed by atoms with van der Waals surface area (Å²) in [6, 6.07) is 10.7. The van der Waals surface area contributed by atoms with Crippen molar-refractivity contribution in [3.63, 3.8) is 0 Å². The van der Waals surface area contributed by atoms with Crippen LogP contribution >= 0.6 is 0 Å². The molecule has 0 aromatic heterocycles. The van der Waals surface area contributed by atoms with E-state index in [1.54, 1.807) is 6.92 Å². The lowest BCUT2D eigenvalue weighted by Gasteiger charge is -2.08. The fraction of sp³-hybridized carbons (Fsp3) is 0.438. The van der Waals surface area contributed by atoms with E-state index in [2.05, 4.69) is 13.1 Å². The van der Waals surface area contributed by atoms with Crippen LogP contribution < -0.4 is 0 Å². The van der Waals surface area contributed by atoms with Gasteiger partial charge in [0.15, 0.2) is 9.04 Å². The van der Waals surface area contributed by atoms with Gasteiger partial charge in [-0.3, -0.25) is 0 Å². The summed E-state index contributed by atoms with van der Waals surface area (Å²) in [7, 11) is -1.27. The average Bonchev–Trinajstić information content (AvgIpc) is 2.50. The van der Waals surface area contributed by atoms with Crippen LogP contribution in [0.4, 0.5) is 0 Å². The number of ether oxygens (including phenoxy) is 2. The Hall–Kier alpha value is -1.22. The molecule has 6 heteroatoms. The van der Waals surface area contributed by atoms with Crippen LogP contribution in [0.25, 0.3) is 6.08 Å². The molecule has 122 valence electrons. The molecule has 0 aliphatic rings. The van der Waals surface area contributed by atoms with Crippen molar-refractivity contribution in [3.8, 4) is 0 Å². The first-order valence-corrected chi connectivity index (χ1v) is 12.0. The van der Waals surface area contributed by atoms with Gasteiger partial charge in [-0.15, -0.1) is 0 Å². The molecular weight excluding hydrogens is 312 g/mol. The molecule has 0 bridgehead atoms. The Morgan fingerprint density at radius 1 is 1.18 bits per heavy atom. The van der Waals surface area contributed by atoms with Crippen molar-refractivity contribution in [3.05, 3.63) is 41.5 Å². The zero-order chi connectivity index (χ0) is 16.2. The van der Waals surface area contributed by atoms with Crippen molar-refractivity contribution < 1.29 is 18.4 Å². The SMILES string of the molecule is CC(=Cc1ccccc1)C(=O)OCCOCC[SiH2]O[SiH](C)C. The standard InChI is InChI=1S/C16H26O4Si2/c1-14(13-15-7-5-4-6-8-15)16(17)19-10-9-18-11-12-21-20-22(2)3/h4-8,13,22H,9-12,21H2,1-3H3. The molecule has 1 rings (SSSR count). The predicted octanol–water partition coefficient (Wildman–Crippen LogP) is 2.15. The van der Waals surface area contributed by atoms with E-state index < -0.39 is 18.8 Å². The maximum Gasteiger partial charge on any atom is 0.333 e. The minimum atomic E-state index is -0.860. The zero-order valence-electron chi connectivity index (χ0n) is 13.7. The maximum atomic E-state index is 11.8. The van der Waals surface area contributed by atoms with Crippen LogP contribution in [0, 0.1) is 0 Å². The van der Waals surface area contributed by atoms with Gasteiger partial charge in [0.2, 0.25) is 0 Å². The molecule has 1 aromatic carbocycles. The van der Waals surface area contributed by atoms with E-state index in [-0.39, 0.29) is 5.97 Å². The Morgan fingerprint density at radius 2 is 1.91 bits per heavy atom. The Balaban J connectivity index is 2.12. The van der Waals surface area contributed by atoms with Gasteiger partial charge in [0.05, 0.1) is 6.61 Å². The fourth-order valence-electron chi connectivity index (χ4n) is 1.75. The first kappa shape index (κ1) is 18.8. The second-order valence-corrected chi connectivity index (χ2v) is 9.81. The quantitative estimate of drug-likeness (QED) is 0.284. The summed E-state index contributed by atoms with van der Waals surface area (Å²) in [5, 5.41) is 0. The number of carbonyl (C=O) groups is 1. The molecule has 0 saturated heterocycles. The van der Waals surface area contributed by atoms with E-state index in [0.717, 1.165) is 11.6 Å². The van der Waals surface area contributed by atoms with E-state index in [1.165, 1.54) is 0 Å². The number of hydrogen-bond donors (Lipinski definition) is 0. The van der Waals surface area contributed by atoms with Crippen LogP contribution in [0.15, 0.2) is 35.9 Å². The smallest absolute Gasteiger partial charge is 0.333 e. The Kier molecular flexibility index (Phi) is 9.73. The normalized spacial score (nSPS) is 12.3. The Morgan fingerprint density at radius 3 is 2.59 bits per heavy atom. The summed E-state index contributed by atoms with van der Waals surface area (Å²) < 4.78 is 16.3. The molecule has 0 atom stereocenters. The van der Waals surface area contributed by atoms with Crippen molar-refractivity contribution in [1.29, 1.82) is 0 Å². The second-order valence-electron chi connectivity index (χ2n) is 5.26. The van der Waals surface area contributed by atoms with Crippen LogP contribution in [0.1, 0.15) is 12.5 Å². The number of benzene rings is 1. The highest BCUT2D eigenvalue weighted by atomic mass is 28.3. The van der Waals surface area contributed by atoms with E-state index >= 15 is 0 Å². The number of rotatable bonds is 10. The largest absolute Gasteiger partial charge is 0.463 e. The molecule has 0 saturated carbocycles. The molecule has 0 aliphatic carbocycles. The van der Waals surface area contributed by atoms with Crippen molar-refractivity contribution in [2.75, 3.05) is 19.8 Å². The van der Waals surface area contributed by atoms with Gasteiger partial charge >= 0.3 is 5.97 Å². The summed E-state index contributed by atoms with van der Waals surface area (Å²) in [5.41, 5.74) is 1.58. The Bertz CT molecular complexity index is 460. The lowest BCUT2D eigenvalue weighted by atomic mass is 10.1. The van der Waals surface area contributed by atoms with E-state index in [0.29, 0.717) is 25.4 Å². The van der Waals surface area contributed by atoms with E-state index in [1.807, 2.05) is 36.4 Å². The maximum absolute atomic E-state index is 11.8. The van der Waals surface area contributed by atoms with Gasteiger partial charge in [0.25, 0.3) is 0 Å². The second kappa shape index (κ2) is 11.4. The molecule has 1 aromatic rings. The summed E-state index contributed by atoms with van der Waals surface area (Å²) >= 11 is 0. The van der Waals surface area contributed by atoms with Crippen LogP contribution in [0.2, 0.25) is 19.1 Å². The van der Waals surface area contributed by atoms with E-state index in [9.17, 15) is 4.79 Å². The van der Waals surface area contributed by atoms with Gasteiger partial charge in [0.1, 0.15) is 16.4 Å². The molecule has 4 nitrogen and oxygen atoms in total. The third-order valence-electron chi connectivity index (χ3n) is 2.85. The van der Waals surface area contributed by atoms with Gasteiger partial charge in [-0.2, -0.15) is 0 Å². The van der Waals surface area contributed by atoms with Crippen molar-refractivity contribution in [2.24, 2.45) is 0 Å². The third kappa shape index (κ3) is 8.94. The third-order valence-corrected chi connectivity index (χ3v) is 7.04. The lowest BCUT2D eigenvalue weighted by Crippen LogP contribution is -2.15. The molecule has 0 aliphatic heterocycles. The molecule has 22 heavy (non-hydrogen) atoms. The van der Waals surface area contributed by atoms with Crippen LogP contribution in [0.3, 0.4) is 0 Å². The molecular formula is C16H26O4Si2. The van der Waals surface area contributed by atoms with Crippen LogP contribution in [0.5, 0.6) is 0 Å². The predicted molar refractivity (Wildman–Crippen MR) is 95.2 cm³/mol. The van der Waals surface area contributed by atoms with Crippen LogP contribution in [-0.4, -0.2) is 44.6 Å². The Labute approximate surface area is 137 Å². The number of hydrogen-bond acceptors (Lipinski definition) is 4. The topological polar surface area (TPSA) is 44.8 Å². The fourth-order valence-corrected chi connectivity index (χ4v) is 4.62. The molecule has 0 radical (unpaired) electrons. The first-order chi connectivity index (χ1) is 10.6. The lowest BCUT2D eigenvalue weighted by molar-refractivity contribution is -0.140. The molecule has 0 heterocycles. The molecule has 0 spiro atoms. The molecule has 0 unspecified atom stereocenters. The summed E-state index contributed by atoms with van der Waals surface area (Å²) in [4.78, 5) is 11.8. The minimum absolute atomic E-state index is 0.292. The average molecular weight is 339 g/mol. The first-order valence-electron chi connectivity index (χ1n) is 7.69. The van der Waals surface area contributed by atoms with Gasteiger partial charge in [0, 0.05) is 12.2 Å². The monoisotopic (exact) mass is 338 g/mol. The summed E-state index contributed by atoms with van der Waals surface area (Å²) in [6.45, 7) is 7.55. The highest BCUT2D eigenvalue weighted by Crippen LogP contribution is 2.07. The molecule has 0 fully saturated rings. The van der Waals surface area contributed by atoms with E-state index in [4.69, 9.17) is 13.6 Å². The summed E-state index contributed by atoms with van der Waals surface area (Å²) in [5.74, 6) is -0.295.